The molecule has 1 amide bonds. The molecular formula is C14H12N2O4S. The molecular weight excluding hydrogens is 292 g/mol. The van der Waals surface area contributed by atoms with Crippen LogP contribution in [0.3, 0.4) is 0 Å². The molecule has 0 fully saturated rings. The number of para-hydroxylation sites is 1. The number of amides is 1. The number of benzene rings is 1. The van der Waals surface area contributed by atoms with E-state index in [0.717, 1.165) is 5.41 Å². The van der Waals surface area contributed by atoms with E-state index in [1.54, 1.807) is 24.3 Å². The number of aromatic nitrogens is 1. The van der Waals surface area contributed by atoms with Crippen LogP contribution >= 0.6 is 0 Å². The molecule has 1 aromatic carbocycles. The van der Waals surface area contributed by atoms with E-state index in [1.165, 1.54) is 16.7 Å². The fourth-order valence-corrected chi connectivity index (χ4v) is 3.78. The molecule has 2 aromatic rings. The van der Waals surface area contributed by atoms with Gasteiger partial charge in [-0.3, -0.25) is 14.2 Å². The van der Waals surface area contributed by atoms with Crippen molar-refractivity contribution in [3.05, 3.63) is 57.7 Å². The van der Waals surface area contributed by atoms with Gasteiger partial charge in [-0.15, -0.1) is 0 Å². The maximum Gasteiger partial charge on any atom is 0.264 e. The van der Waals surface area contributed by atoms with Crippen molar-refractivity contribution in [1.29, 1.82) is 0 Å². The van der Waals surface area contributed by atoms with E-state index >= 15 is 0 Å². The van der Waals surface area contributed by atoms with Crippen LogP contribution in [0.5, 0.6) is 0 Å². The molecule has 0 aliphatic carbocycles. The predicted molar refractivity (Wildman–Crippen MR) is 78.7 cm³/mol. The molecule has 1 atom stereocenters. The molecule has 6 nitrogen and oxygen atoms in total. The fourth-order valence-electron chi connectivity index (χ4n) is 2.51. The van der Waals surface area contributed by atoms with Crippen LogP contribution in [0.25, 0.3) is 10.9 Å². The van der Waals surface area contributed by atoms with Gasteiger partial charge in [-0.2, -0.15) is 0 Å². The summed E-state index contributed by atoms with van der Waals surface area (Å²) in [5.74, 6) is -1.02. The fraction of sp³-hybridized carbons (Fsp3) is 0.143. The third-order valence-corrected chi connectivity index (χ3v) is 4.83. The van der Waals surface area contributed by atoms with E-state index < -0.39 is 27.3 Å². The van der Waals surface area contributed by atoms with Gasteiger partial charge < -0.3 is 5.73 Å². The average Bonchev–Trinajstić information content (AvgIpc) is 2.77. The first-order valence-electron chi connectivity index (χ1n) is 6.24. The summed E-state index contributed by atoms with van der Waals surface area (Å²) in [4.78, 5) is 23.9. The largest absolute Gasteiger partial charge is 0.365 e. The maximum absolute atomic E-state index is 12.5. The lowest BCUT2D eigenvalue weighted by molar-refractivity contribution is 0.0998. The van der Waals surface area contributed by atoms with Crippen molar-refractivity contribution < 1.29 is 13.2 Å². The van der Waals surface area contributed by atoms with E-state index in [1.807, 2.05) is 0 Å². The highest BCUT2D eigenvalue weighted by molar-refractivity contribution is 7.94. The number of pyridine rings is 1. The Bertz CT molecular complexity index is 941. The van der Waals surface area contributed by atoms with Crippen molar-refractivity contribution in [3.63, 3.8) is 0 Å². The number of hydrogen-bond acceptors (Lipinski definition) is 4. The zero-order valence-corrected chi connectivity index (χ0v) is 11.7. The number of hydrogen-bond donors (Lipinski definition) is 1. The molecule has 1 aliphatic heterocycles. The van der Waals surface area contributed by atoms with Crippen LogP contribution in [-0.4, -0.2) is 24.6 Å². The van der Waals surface area contributed by atoms with Gasteiger partial charge in [0.25, 0.3) is 11.5 Å². The summed E-state index contributed by atoms with van der Waals surface area (Å²) < 4.78 is 24.5. The van der Waals surface area contributed by atoms with Gasteiger partial charge in [0.1, 0.15) is 5.56 Å². The van der Waals surface area contributed by atoms with Crippen LogP contribution in [-0.2, 0) is 9.84 Å². The van der Waals surface area contributed by atoms with Crippen LogP contribution in [0.1, 0.15) is 16.4 Å². The van der Waals surface area contributed by atoms with Crippen LogP contribution < -0.4 is 11.3 Å². The van der Waals surface area contributed by atoms with Crippen molar-refractivity contribution in [2.45, 2.75) is 6.04 Å². The van der Waals surface area contributed by atoms with Crippen LogP contribution in [0.4, 0.5) is 0 Å². The Hall–Kier alpha value is -2.41. The van der Waals surface area contributed by atoms with Crippen molar-refractivity contribution >= 4 is 26.6 Å². The summed E-state index contributed by atoms with van der Waals surface area (Å²) >= 11 is 0. The van der Waals surface area contributed by atoms with Crippen molar-refractivity contribution in [2.24, 2.45) is 5.73 Å². The SMILES string of the molecule is NC(=O)c1cc2ccccc2n([C@@H]2C=CS(=O)(=O)C2)c1=O. The minimum atomic E-state index is -3.32. The summed E-state index contributed by atoms with van der Waals surface area (Å²) in [6.45, 7) is 0. The molecule has 2 N–H and O–H groups in total. The molecule has 0 radical (unpaired) electrons. The molecule has 0 saturated heterocycles. The van der Waals surface area contributed by atoms with Crippen molar-refractivity contribution in [3.8, 4) is 0 Å². The Kier molecular flexibility index (Phi) is 2.94. The van der Waals surface area contributed by atoms with Gasteiger partial charge in [-0.25, -0.2) is 8.42 Å². The highest BCUT2D eigenvalue weighted by Crippen LogP contribution is 2.23. The molecule has 7 heteroatoms. The van der Waals surface area contributed by atoms with Crippen LogP contribution in [0.2, 0.25) is 0 Å². The molecule has 1 aromatic heterocycles. The van der Waals surface area contributed by atoms with E-state index in [0.29, 0.717) is 10.9 Å². The van der Waals surface area contributed by atoms with E-state index in [2.05, 4.69) is 0 Å². The number of allylic oxidation sites excluding steroid dienone is 1. The first-order chi connectivity index (χ1) is 9.89. The second-order valence-corrected chi connectivity index (χ2v) is 6.81. The molecule has 1 aliphatic rings. The number of primary amides is 1. The molecule has 2 heterocycles. The molecule has 0 unspecified atom stereocenters. The Morgan fingerprint density at radius 2 is 2.00 bits per heavy atom. The van der Waals surface area contributed by atoms with Gasteiger partial charge in [0.2, 0.25) is 0 Å². The summed E-state index contributed by atoms with van der Waals surface area (Å²) in [5, 5.41) is 1.75. The predicted octanol–water partition coefficient (Wildman–Crippen LogP) is 0.584. The number of rotatable bonds is 2. The Balaban J connectivity index is 2.35. The van der Waals surface area contributed by atoms with Crippen LogP contribution in [0, 0.1) is 0 Å². The lowest BCUT2D eigenvalue weighted by Crippen LogP contribution is -2.32. The summed E-state index contributed by atoms with van der Waals surface area (Å²) in [6, 6.07) is 7.76. The van der Waals surface area contributed by atoms with Gasteiger partial charge >= 0.3 is 0 Å². The maximum atomic E-state index is 12.5. The standard InChI is InChI=1S/C14H12N2O4S/c15-13(17)11-7-9-3-1-2-4-12(9)16(14(11)18)10-5-6-21(19,20)8-10/h1-7,10H,8H2,(H2,15,17)/t10-/m1/s1. The lowest BCUT2D eigenvalue weighted by atomic mass is 10.1. The van der Waals surface area contributed by atoms with Gasteiger partial charge in [0.15, 0.2) is 9.84 Å². The number of nitrogens with zero attached hydrogens (tertiary/aromatic N) is 1. The molecule has 0 saturated carbocycles. The third-order valence-electron chi connectivity index (χ3n) is 3.45. The second-order valence-electron chi connectivity index (χ2n) is 4.88. The van der Waals surface area contributed by atoms with Crippen molar-refractivity contribution in [1.82, 2.24) is 4.57 Å². The smallest absolute Gasteiger partial charge is 0.264 e. The summed E-state index contributed by atoms with van der Waals surface area (Å²) in [6.07, 6.45) is 1.45. The molecule has 0 bridgehead atoms. The quantitative estimate of drug-likeness (QED) is 0.877. The minimum Gasteiger partial charge on any atom is -0.365 e. The molecule has 21 heavy (non-hydrogen) atoms. The summed E-state index contributed by atoms with van der Waals surface area (Å²) in [7, 11) is -3.32. The minimum absolute atomic E-state index is 0.147. The number of nitrogens with two attached hydrogens (primary N) is 1. The zero-order valence-electron chi connectivity index (χ0n) is 10.9. The first-order valence-corrected chi connectivity index (χ1v) is 7.96. The Morgan fingerprint density at radius 3 is 2.62 bits per heavy atom. The highest BCUT2D eigenvalue weighted by atomic mass is 32.2. The second kappa shape index (κ2) is 4.56. The Morgan fingerprint density at radius 1 is 1.29 bits per heavy atom. The Labute approximate surface area is 120 Å². The number of fused-ring (bicyclic) bond motifs is 1. The molecule has 0 spiro atoms. The van der Waals surface area contributed by atoms with Crippen LogP contribution in [0.15, 0.2) is 46.6 Å². The number of sulfone groups is 1. The molecule has 3 rings (SSSR count). The lowest BCUT2D eigenvalue weighted by Gasteiger charge is -2.16. The first kappa shape index (κ1) is 13.6. The zero-order chi connectivity index (χ0) is 15.2. The normalized spacial score (nSPS) is 19.9. The van der Waals surface area contributed by atoms with Gasteiger partial charge in [-0.1, -0.05) is 18.2 Å². The third kappa shape index (κ3) is 2.25. The van der Waals surface area contributed by atoms with Gasteiger partial charge in [0, 0.05) is 5.41 Å². The molecule has 108 valence electrons. The topological polar surface area (TPSA) is 99.2 Å². The van der Waals surface area contributed by atoms with E-state index in [9.17, 15) is 18.0 Å². The van der Waals surface area contributed by atoms with Crippen molar-refractivity contribution in [2.75, 3.05) is 5.75 Å². The number of carbonyl (C=O) groups excluding carboxylic acids is 1. The summed E-state index contributed by atoms with van der Waals surface area (Å²) in [5.41, 5.74) is 5.08. The van der Waals surface area contributed by atoms with Gasteiger partial charge in [0.05, 0.1) is 17.3 Å². The van der Waals surface area contributed by atoms with E-state index in [-0.39, 0.29) is 11.3 Å². The highest BCUT2D eigenvalue weighted by Gasteiger charge is 2.26. The van der Waals surface area contributed by atoms with Gasteiger partial charge in [-0.05, 0) is 23.6 Å². The monoisotopic (exact) mass is 304 g/mol. The number of carbonyl (C=O) groups is 1. The van der Waals surface area contributed by atoms with E-state index in [4.69, 9.17) is 5.73 Å². The average molecular weight is 304 g/mol.